The minimum absolute atomic E-state index is 0.201. The van der Waals surface area contributed by atoms with Crippen molar-refractivity contribution in [3.63, 3.8) is 0 Å². The van der Waals surface area contributed by atoms with Gasteiger partial charge in [0.2, 0.25) is 0 Å². The van der Waals surface area contributed by atoms with Crippen LogP contribution in [-0.2, 0) is 14.4 Å². The maximum atomic E-state index is 13.0. The summed E-state index contributed by atoms with van der Waals surface area (Å²) in [6.45, 7) is 0. The zero-order chi connectivity index (χ0) is 21.9. The Morgan fingerprint density at radius 1 is 1.03 bits per heavy atom. The molecule has 30 heavy (non-hydrogen) atoms. The van der Waals surface area contributed by atoms with Gasteiger partial charge in [-0.25, -0.2) is 4.39 Å². The molecule has 1 fully saturated rings. The molecule has 0 bridgehead atoms. The molecule has 0 saturated heterocycles. The van der Waals surface area contributed by atoms with Crippen LogP contribution in [0.2, 0.25) is 0 Å². The zero-order valence-corrected chi connectivity index (χ0v) is 16.2. The average molecular weight is 437 g/mol. The highest BCUT2D eigenvalue weighted by Crippen LogP contribution is 2.38. The minimum atomic E-state index is -4.30. The SMILES string of the molecule is O=[N+]([O-])c1ccc([C@H]2CCCC/C2=N\OS(=O)(=O)c2ccc(F)cc2)c([N+](=O)[O-])c1. The summed E-state index contributed by atoms with van der Waals surface area (Å²) in [6.07, 6.45) is 2.17. The molecule has 10 nitrogen and oxygen atoms in total. The lowest BCUT2D eigenvalue weighted by Crippen LogP contribution is -2.20. The van der Waals surface area contributed by atoms with Gasteiger partial charge in [-0.15, -0.1) is 0 Å². The van der Waals surface area contributed by atoms with E-state index in [1.54, 1.807) is 0 Å². The van der Waals surface area contributed by atoms with E-state index in [1.165, 1.54) is 6.07 Å². The molecule has 3 rings (SSSR count). The highest BCUT2D eigenvalue weighted by atomic mass is 32.2. The molecule has 2 aromatic carbocycles. The van der Waals surface area contributed by atoms with Crippen LogP contribution in [0.15, 0.2) is 52.5 Å². The highest BCUT2D eigenvalue weighted by Gasteiger charge is 2.31. The lowest BCUT2D eigenvalue weighted by molar-refractivity contribution is -0.394. The number of nitro benzene ring substituents is 2. The van der Waals surface area contributed by atoms with Gasteiger partial charge in [0.15, 0.2) is 0 Å². The molecule has 158 valence electrons. The van der Waals surface area contributed by atoms with Gasteiger partial charge in [0.25, 0.3) is 11.4 Å². The predicted molar refractivity (Wildman–Crippen MR) is 103 cm³/mol. The van der Waals surface area contributed by atoms with Gasteiger partial charge in [0.05, 0.1) is 21.6 Å². The van der Waals surface area contributed by atoms with Gasteiger partial charge in [0.1, 0.15) is 10.7 Å². The largest absolute Gasteiger partial charge is 0.358 e. The van der Waals surface area contributed by atoms with Crippen LogP contribution in [-0.4, -0.2) is 24.0 Å². The molecule has 0 aromatic heterocycles. The minimum Gasteiger partial charge on any atom is -0.265 e. The summed E-state index contributed by atoms with van der Waals surface area (Å²) >= 11 is 0. The van der Waals surface area contributed by atoms with Crippen LogP contribution < -0.4 is 0 Å². The second-order valence-corrected chi connectivity index (χ2v) is 8.15. The standard InChI is InChI=1S/C18H16FN3O7S/c19-12-5-8-14(9-6-12)30(27,28)29-20-17-4-2-1-3-15(17)16-10-7-13(21(23)24)11-18(16)22(25)26/h5-11,15H,1-4H2/b20-17+/t15-/m1/s1. The number of halogens is 1. The van der Waals surface area contributed by atoms with Crippen molar-refractivity contribution >= 4 is 27.2 Å². The Morgan fingerprint density at radius 2 is 1.73 bits per heavy atom. The lowest BCUT2D eigenvalue weighted by Gasteiger charge is -2.23. The number of benzene rings is 2. The van der Waals surface area contributed by atoms with Gasteiger partial charge < -0.3 is 0 Å². The Kier molecular flexibility index (Phi) is 6.06. The molecule has 12 heteroatoms. The monoisotopic (exact) mass is 437 g/mol. The fourth-order valence-corrected chi connectivity index (χ4v) is 4.03. The second kappa shape index (κ2) is 8.53. The summed E-state index contributed by atoms with van der Waals surface area (Å²) in [6, 6.07) is 7.31. The summed E-state index contributed by atoms with van der Waals surface area (Å²) in [5.74, 6) is -1.23. The quantitative estimate of drug-likeness (QED) is 0.490. The van der Waals surface area contributed by atoms with Crippen LogP contribution in [0, 0.1) is 26.0 Å². The van der Waals surface area contributed by atoms with Crippen molar-refractivity contribution in [2.24, 2.45) is 5.16 Å². The van der Waals surface area contributed by atoms with Crippen molar-refractivity contribution < 1.29 is 26.9 Å². The third-order valence-corrected chi connectivity index (χ3v) is 5.85. The van der Waals surface area contributed by atoms with E-state index in [9.17, 15) is 33.0 Å². The number of hydrogen-bond donors (Lipinski definition) is 0. The molecule has 0 radical (unpaired) electrons. The number of nitrogens with zero attached hydrogens (tertiary/aromatic N) is 3. The van der Waals surface area contributed by atoms with E-state index in [4.69, 9.17) is 4.28 Å². The maximum absolute atomic E-state index is 13.0. The van der Waals surface area contributed by atoms with Crippen molar-refractivity contribution in [2.45, 2.75) is 36.5 Å². The highest BCUT2D eigenvalue weighted by molar-refractivity contribution is 7.86. The number of rotatable bonds is 6. The molecule has 2 aromatic rings. The van der Waals surface area contributed by atoms with Crippen LogP contribution in [0.25, 0.3) is 0 Å². The van der Waals surface area contributed by atoms with E-state index in [0.717, 1.165) is 36.4 Å². The predicted octanol–water partition coefficient (Wildman–Crippen LogP) is 4.06. The molecular formula is C18H16FN3O7S. The Bertz CT molecular complexity index is 1120. The Hall–Kier alpha value is -3.41. The molecule has 0 amide bonds. The number of non-ortho nitro benzene ring substituents is 1. The van der Waals surface area contributed by atoms with Crippen LogP contribution in [0.5, 0.6) is 0 Å². The molecule has 0 spiro atoms. The molecule has 0 aliphatic heterocycles. The van der Waals surface area contributed by atoms with E-state index in [1.807, 2.05) is 0 Å². The van der Waals surface area contributed by atoms with E-state index in [2.05, 4.69) is 5.16 Å². The van der Waals surface area contributed by atoms with E-state index < -0.39 is 43.1 Å². The van der Waals surface area contributed by atoms with Gasteiger partial charge in [-0.2, -0.15) is 8.42 Å². The third-order valence-electron chi connectivity index (χ3n) is 4.73. The van der Waals surface area contributed by atoms with Crippen molar-refractivity contribution in [2.75, 3.05) is 0 Å². The molecular weight excluding hydrogens is 421 g/mol. The van der Waals surface area contributed by atoms with Gasteiger partial charge in [0, 0.05) is 17.5 Å². The lowest BCUT2D eigenvalue weighted by atomic mass is 9.81. The molecule has 1 saturated carbocycles. The third kappa shape index (κ3) is 4.59. The van der Waals surface area contributed by atoms with Crippen LogP contribution in [0.3, 0.4) is 0 Å². The van der Waals surface area contributed by atoms with Gasteiger partial charge in [-0.1, -0.05) is 11.6 Å². The first kappa shape index (κ1) is 21.3. The summed E-state index contributed by atoms with van der Waals surface area (Å²) in [5, 5.41) is 26.2. The van der Waals surface area contributed by atoms with Crippen LogP contribution in [0.1, 0.15) is 37.2 Å². The molecule has 0 unspecified atom stereocenters. The van der Waals surface area contributed by atoms with Gasteiger partial charge in [-0.3, -0.25) is 24.5 Å². The zero-order valence-electron chi connectivity index (χ0n) is 15.4. The molecule has 1 aliphatic rings. The van der Waals surface area contributed by atoms with Crippen molar-refractivity contribution in [1.29, 1.82) is 0 Å². The topological polar surface area (TPSA) is 142 Å². The first-order valence-electron chi connectivity index (χ1n) is 8.88. The Balaban J connectivity index is 1.94. The van der Waals surface area contributed by atoms with Crippen molar-refractivity contribution in [3.8, 4) is 0 Å². The average Bonchev–Trinajstić information content (AvgIpc) is 2.72. The second-order valence-electron chi connectivity index (χ2n) is 6.62. The smallest absolute Gasteiger partial charge is 0.265 e. The van der Waals surface area contributed by atoms with E-state index in [0.29, 0.717) is 25.7 Å². The van der Waals surface area contributed by atoms with Crippen molar-refractivity contribution in [1.82, 2.24) is 0 Å². The van der Waals surface area contributed by atoms with Crippen LogP contribution >= 0.6 is 0 Å². The van der Waals surface area contributed by atoms with Gasteiger partial charge >= 0.3 is 10.1 Å². The summed E-state index contributed by atoms with van der Waals surface area (Å²) < 4.78 is 42.4. The first-order chi connectivity index (χ1) is 14.2. The fraction of sp³-hybridized carbons (Fsp3) is 0.278. The first-order valence-corrected chi connectivity index (χ1v) is 10.3. The molecule has 1 atom stereocenters. The molecule has 0 N–H and O–H groups in total. The number of hydrogen-bond acceptors (Lipinski definition) is 8. The van der Waals surface area contributed by atoms with E-state index in [-0.39, 0.29) is 16.2 Å². The molecule has 0 heterocycles. The van der Waals surface area contributed by atoms with Gasteiger partial charge in [-0.05, 0) is 49.6 Å². The van der Waals surface area contributed by atoms with Crippen molar-refractivity contribution in [3.05, 3.63) is 74.1 Å². The summed E-state index contributed by atoms with van der Waals surface area (Å²) in [4.78, 5) is 20.7. The Morgan fingerprint density at radius 3 is 2.37 bits per heavy atom. The normalized spacial score (nSPS) is 18.2. The fourth-order valence-electron chi connectivity index (χ4n) is 3.28. The number of nitro groups is 2. The summed E-state index contributed by atoms with van der Waals surface area (Å²) in [7, 11) is -4.30. The van der Waals surface area contributed by atoms with Crippen LogP contribution in [0.4, 0.5) is 15.8 Å². The van der Waals surface area contributed by atoms with E-state index >= 15 is 0 Å². The maximum Gasteiger partial charge on any atom is 0.358 e. The summed E-state index contributed by atoms with van der Waals surface area (Å²) in [5.41, 5.74) is -0.379. The molecule has 1 aliphatic carbocycles. The number of oxime groups is 1. The Labute approximate surface area is 170 Å².